The predicted molar refractivity (Wildman–Crippen MR) is 65.5 cm³/mol. The monoisotopic (exact) mass is 221 g/mol. The van der Waals surface area contributed by atoms with Crippen LogP contribution in [-0.2, 0) is 0 Å². The third kappa shape index (κ3) is 2.41. The molecule has 0 bridgehead atoms. The number of hydrogen-bond donors (Lipinski definition) is 1. The number of nitrogens with two attached hydrogens (primary N) is 1. The molecule has 0 amide bonds. The zero-order valence-electron chi connectivity index (χ0n) is 9.98. The van der Waals surface area contributed by atoms with Crippen molar-refractivity contribution in [1.29, 1.82) is 0 Å². The second-order valence-electron chi connectivity index (χ2n) is 4.15. The standard InChI is InChI=1S/C11H19N5/c1-3-15-4-6-16(7-5-15)10-8-9(2)13-11(12)14-10/h8H,3-7H2,1-2H3,(H2,12,13,14). The molecular weight excluding hydrogens is 202 g/mol. The molecule has 5 nitrogen and oxygen atoms in total. The van der Waals surface area contributed by atoms with Crippen LogP contribution < -0.4 is 10.6 Å². The van der Waals surface area contributed by atoms with Crippen LogP contribution in [0.2, 0.25) is 0 Å². The minimum atomic E-state index is 0.368. The number of nitrogen functional groups attached to an aromatic ring is 1. The van der Waals surface area contributed by atoms with E-state index >= 15 is 0 Å². The Morgan fingerprint density at radius 2 is 1.94 bits per heavy atom. The Balaban J connectivity index is 2.08. The Morgan fingerprint density at radius 3 is 2.50 bits per heavy atom. The number of likely N-dealkylation sites (N-methyl/N-ethyl adjacent to an activating group) is 1. The fourth-order valence-corrected chi connectivity index (χ4v) is 2.03. The number of anilines is 2. The maximum absolute atomic E-state index is 5.66. The zero-order valence-corrected chi connectivity index (χ0v) is 9.98. The van der Waals surface area contributed by atoms with Gasteiger partial charge < -0.3 is 15.5 Å². The second kappa shape index (κ2) is 4.65. The summed E-state index contributed by atoms with van der Waals surface area (Å²) >= 11 is 0. The lowest BCUT2D eigenvalue weighted by molar-refractivity contribution is 0.270. The first-order chi connectivity index (χ1) is 7.69. The molecule has 1 aromatic rings. The van der Waals surface area contributed by atoms with Gasteiger partial charge in [-0.15, -0.1) is 0 Å². The Labute approximate surface area is 96.3 Å². The number of nitrogens with zero attached hydrogens (tertiary/aromatic N) is 4. The van der Waals surface area contributed by atoms with Crippen LogP contribution in [0.1, 0.15) is 12.6 Å². The Bertz CT molecular complexity index is 337. The predicted octanol–water partition coefficient (Wildman–Crippen LogP) is 0.509. The van der Waals surface area contributed by atoms with Gasteiger partial charge in [-0.05, 0) is 13.5 Å². The van der Waals surface area contributed by atoms with E-state index in [9.17, 15) is 0 Å². The van der Waals surface area contributed by atoms with Crippen LogP contribution in [0.3, 0.4) is 0 Å². The average Bonchev–Trinajstić information content (AvgIpc) is 2.28. The van der Waals surface area contributed by atoms with Crippen LogP contribution in [0.15, 0.2) is 6.07 Å². The van der Waals surface area contributed by atoms with Gasteiger partial charge in [-0.3, -0.25) is 0 Å². The first-order valence-electron chi connectivity index (χ1n) is 5.77. The molecule has 1 aliphatic rings. The van der Waals surface area contributed by atoms with Gasteiger partial charge in [0.15, 0.2) is 0 Å². The molecule has 0 radical (unpaired) electrons. The largest absolute Gasteiger partial charge is 0.368 e. The van der Waals surface area contributed by atoms with E-state index < -0.39 is 0 Å². The highest BCUT2D eigenvalue weighted by molar-refractivity contribution is 5.43. The molecule has 1 fully saturated rings. The quantitative estimate of drug-likeness (QED) is 0.788. The van der Waals surface area contributed by atoms with Crippen LogP contribution in [-0.4, -0.2) is 47.6 Å². The van der Waals surface area contributed by atoms with Gasteiger partial charge in [-0.25, -0.2) is 4.98 Å². The molecule has 88 valence electrons. The highest BCUT2D eigenvalue weighted by Crippen LogP contribution is 2.15. The Morgan fingerprint density at radius 1 is 1.25 bits per heavy atom. The molecule has 0 saturated carbocycles. The lowest BCUT2D eigenvalue weighted by atomic mass is 10.3. The van der Waals surface area contributed by atoms with Crippen molar-refractivity contribution in [2.75, 3.05) is 43.4 Å². The molecule has 1 aromatic heterocycles. The van der Waals surface area contributed by atoms with Gasteiger partial charge in [0.2, 0.25) is 5.95 Å². The summed E-state index contributed by atoms with van der Waals surface area (Å²) in [5, 5.41) is 0. The van der Waals surface area contributed by atoms with Gasteiger partial charge >= 0.3 is 0 Å². The number of piperazine rings is 1. The number of aryl methyl sites for hydroxylation is 1. The van der Waals surface area contributed by atoms with Crippen molar-refractivity contribution in [3.05, 3.63) is 11.8 Å². The van der Waals surface area contributed by atoms with E-state index in [1.807, 2.05) is 13.0 Å². The van der Waals surface area contributed by atoms with Crippen molar-refractivity contribution in [1.82, 2.24) is 14.9 Å². The summed E-state index contributed by atoms with van der Waals surface area (Å²) in [4.78, 5) is 13.1. The summed E-state index contributed by atoms with van der Waals surface area (Å²) in [5.74, 6) is 1.33. The van der Waals surface area contributed by atoms with E-state index in [1.54, 1.807) is 0 Å². The summed E-state index contributed by atoms with van der Waals surface area (Å²) < 4.78 is 0. The number of hydrogen-bond acceptors (Lipinski definition) is 5. The summed E-state index contributed by atoms with van der Waals surface area (Å²) in [6.45, 7) is 9.50. The van der Waals surface area contributed by atoms with Gasteiger partial charge in [0.05, 0.1) is 0 Å². The molecule has 0 aliphatic carbocycles. The van der Waals surface area contributed by atoms with Crippen LogP contribution in [0.4, 0.5) is 11.8 Å². The van der Waals surface area contributed by atoms with E-state index in [0.29, 0.717) is 5.95 Å². The first kappa shape index (κ1) is 11.1. The van der Waals surface area contributed by atoms with E-state index in [0.717, 1.165) is 44.2 Å². The van der Waals surface area contributed by atoms with Gasteiger partial charge in [-0.2, -0.15) is 4.98 Å². The normalized spacial score (nSPS) is 17.8. The van der Waals surface area contributed by atoms with Crippen LogP contribution >= 0.6 is 0 Å². The minimum Gasteiger partial charge on any atom is -0.368 e. The van der Waals surface area contributed by atoms with Gasteiger partial charge in [-0.1, -0.05) is 6.92 Å². The molecule has 2 N–H and O–H groups in total. The number of rotatable bonds is 2. The van der Waals surface area contributed by atoms with Crippen LogP contribution in [0.25, 0.3) is 0 Å². The molecule has 2 rings (SSSR count). The second-order valence-corrected chi connectivity index (χ2v) is 4.15. The summed E-state index contributed by atoms with van der Waals surface area (Å²) in [5.41, 5.74) is 6.59. The van der Waals surface area contributed by atoms with Crippen molar-refractivity contribution in [2.45, 2.75) is 13.8 Å². The van der Waals surface area contributed by atoms with Gasteiger partial charge in [0.25, 0.3) is 0 Å². The SMILES string of the molecule is CCN1CCN(c2cc(C)nc(N)n2)CC1. The fourth-order valence-electron chi connectivity index (χ4n) is 2.03. The molecule has 16 heavy (non-hydrogen) atoms. The van der Waals surface area contributed by atoms with Crippen molar-refractivity contribution < 1.29 is 0 Å². The first-order valence-corrected chi connectivity index (χ1v) is 5.77. The smallest absolute Gasteiger partial charge is 0.222 e. The lowest BCUT2D eigenvalue weighted by Crippen LogP contribution is -2.46. The molecule has 5 heteroatoms. The maximum Gasteiger partial charge on any atom is 0.222 e. The summed E-state index contributed by atoms with van der Waals surface area (Å²) in [6, 6.07) is 2.00. The molecule has 1 aliphatic heterocycles. The van der Waals surface area contributed by atoms with E-state index in [1.165, 1.54) is 0 Å². The van der Waals surface area contributed by atoms with Crippen LogP contribution in [0.5, 0.6) is 0 Å². The third-order valence-corrected chi connectivity index (χ3v) is 3.00. The lowest BCUT2D eigenvalue weighted by Gasteiger charge is -2.34. The molecule has 2 heterocycles. The average molecular weight is 221 g/mol. The Hall–Kier alpha value is -1.36. The third-order valence-electron chi connectivity index (χ3n) is 3.00. The van der Waals surface area contributed by atoms with Gasteiger partial charge in [0, 0.05) is 37.9 Å². The Kier molecular flexibility index (Phi) is 3.24. The topological polar surface area (TPSA) is 58.3 Å². The van der Waals surface area contributed by atoms with Crippen molar-refractivity contribution in [3.8, 4) is 0 Å². The van der Waals surface area contributed by atoms with Crippen LogP contribution in [0, 0.1) is 6.92 Å². The maximum atomic E-state index is 5.66. The minimum absolute atomic E-state index is 0.368. The highest BCUT2D eigenvalue weighted by atomic mass is 15.3. The summed E-state index contributed by atoms with van der Waals surface area (Å²) in [6.07, 6.45) is 0. The van der Waals surface area contributed by atoms with E-state index in [4.69, 9.17) is 5.73 Å². The molecule has 0 aromatic carbocycles. The molecule has 0 spiro atoms. The number of aromatic nitrogens is 2. The molecule has 0 unspecified atom stereocenters. The van der Waals surface area contributed by atoms with E-state index in [-0.39, 0.29) is 0 Å². The van der Waals surface area contributed by atoms with Gasteiger partial charge in [0.1, 0.15) is 5.82 Å². The zero-order chi connectivity index (χ0) is 11.5. The summed E-state index contributed by atoms with van der Waals surface area (Å²) in [7, 11) is 0. The molecule has 0 atom stereocenters. The van der Waals surface area contributed by atoms with Crippen molar-refractivity contribution in [2.24, 2.45) is 0 Å². The van der Waals surface area contributed by atoms with Crippen molar-refractivity contribution in [3.63, 3.8) is 0 Å². The molecular formula is C11H19N5. The highest BCUT2D eigenvalue weighted by Gasteiger charge is 2.17. The fraction of sp³-hybridized carbons (Fsp3) is 0.636. The van der Waals surface area contributed by atoms with E-state index in [2.05, 4.69) is 26.7 Å². The van der Waals surface area contributed by atoms with Crippen molar-refractivity contribution >= 4 is 11.8 Å². The molecule has 1 saturated heterocycles.